The minimum absolute atomic E-state index is 0.164. The van der Waals surface area contributed by atoms with Gasteiger partial charge in [0.1, 0.15) is 5.76 Å². The molecule has 0 unspecified atom stereocenters. The van der Waals surface area contributed by atoms with Crippen molar-refractivity contribution < 1.29 is 4.74 Å². The molecule has 0 aromatic rings. The zero-order valence-corrected chi connectivity index (χ0v) is 8.92. The van der Waals surface area contributed by atoms with Crippen molar-refractivity contribution in [2.75, 3.05) is 0 Å². The standard InChI is InChI=1S/C11H19NO/c1-8(2)6-7-11(12)10(5)13-9(3)4/h6-7,9H,1,12H2,2-5H3/b7-6-,11-10-. The van der Waals surface area contributed by atoms with Crippen molar-refractivity contribution in [3.8, 4) is 0 Å². The molecular weight excluding hydrogens is 162 g/mol. The van der Waals surface area contributed by atoms with Gasteiger partial charge < -0.3 is 10.5 Å². The van der Waals surface area contributed by atoms with E-state index in [0.717, 1.165) is 11.3 Å². The average molecular weight is 181 g/mol. The smallest absolute Gasteiger partial charge is 0.116 e. The van der Waals surface area contributed by atoms with Crippen LogP contribution >= 0.6 is 0 Å². The maximum absolute atomic E-state index is 5.74. The molecule has 0 fully saturated rings. The third-order valence-corrected chi connectivity index (χ3v) is 1.37. The molecule has 0 aliphatic rings. The van der Waals surface area contributed by atoms with Crippen LogP contribution in [0.15, 0.2) is 35.8 Å². The van der Waals surface area contributed by atoms with Gasteiger partial charge in [-0.15, -0.1) is 0 Å². The van der Waals surface area contributed by atoms with E-state index < -0.39 is 0 Å². The van der Waals surface area contributed by atoms with Crippen LogP contribution < -0.4 is 5.73 Å². The van der Waals surface area contributed by atoms with Gasteiger partial charge in [-0.2, -0.15) is 0 Å². The molecule has 0 radical (unpaired) electrons. The maximum atomic E-state index is 5.74. The van der Waals surface area contributed by atoms with Crippen LogP contribution in [0.1, 0.15) is 27.7 Å². The van der Waals surface area contributed by atoms with Crippen LogP contribution in [0.4, 0.5) is 0 Å². The monoisotopic (exact) mass is 181 g/mol. The minimum Gasteiger partial charge on any atom is -0.494 e. The van der Waals surface area contributed by atoms with Gasteiger partial charge in [0.05, 0.1) is 11.8 Å². The first-order chi connectivity index (χ1) is 5.93. The van der Waals surface area contributed by atoms with Crippen molar-refractivity contribution in [1.29, 1.82) is 0 Å². The molecule has 0 saturated heterocycles. The average Bonchev–Trinajstić information content (AvgIpc) is 1.98. The second kappa shape index (κ2) is 5.46. The number of hydrogen-bond acceptors (Lipinski definition) is 2. The number of nitrogens with two attached hydrogens (primary N) is 1. The van der Waals surface area contributed by atoms with Gasteiger partial charge in [0.15, 0.2) is 0 Å². The second-order valence-corrected chi connectivity index (χ2v) is 3.36. The van der Waals surface area contributed by atoms with Crippen LogP contribution in [0, 0.1) is 0 Å². The van der Waals surface area contributed by atoms with E-state index in [1.807, 2.05) is 33.8 Å². The number of hydrogen-bond donors (Lipinski definition) is 1. The Morgan fingerprint density at radius 1 is 1.31 bits per heavy atom. The molecular formula is C11H19NO. The van der Waals surface area contributed by atoms with Gasteiger partial charge in [-0.1, -0.05) is 18.2 Å². The van der Waals surface area contributed by atoms with E-state index >= 15 is 0 Å². The minimum atomic E-state index is 0.164. The van der Waals surface area contributed by atoms with E-state index in [2.05, 4.69) is 6.58 Å². The third-order valence-electron chi connectivity index (χ3n) is 1.37. The quantitative estimate of drug-likeness (QED) is 0.534. The molecule has 0 heterocycles. The van der Waals surface area contributed by atoms with Crippen molar-refractivity contribution in [1.82, 2.24) is 0 Å². The predicted molar refractivity (Wildman–Crippen MR) is 57.1 cm³/mol. The molecule has 0 amide bonds. The molecule has 2 nitrogen and oxygen atoms in total. The molecule has 0 rings (SSSR count). The summed E-state index contributed by atoms with van der Waals surface area (Å²) in [6.07, 6.45) is 3.83. The van der Waals surface area contributed by atoms with Crippen molar-refractivity contribution in [2.24, 2.45) is 5.73 Å². The molecule has 0 aliphatic carbocycles. The summed E-state index contributed by atoms with van der Waals surface area (Å²) in [6.45, 7) is 11.5. The fraction of sp³-hybridized carbons (Fsp3) is 0.455. The van der Waals surface area contributed by atoms with Gasteiger partial charge in [-0.25, -0.2) is 0 Å². The van der Waals surface area contributed by atoms with Crippen molar-refractivity contribution in [2.45, 2.75) is 33.8 Å². The van der Waals surface area contributed by atoms with Gasteiger partial charge >= 0.3 is 0 Å². The first-order valence-electron chi connectivity index (χ1n) is 4.40. The van der Waals surface area contributed by atoms with Gasteiger partial charge in [0.25, 0.3) is 0 Å². The lowest BCUT2D eigenvalue weighted by molar-refractivity contribution is 0.147. The SMILES string of the molecule is C=C(C)/C=C\C(N)=C(/C)OC(C)C. The lowest BCUT2D eigenvalue weighted by Crippen LogP contribution is -2.06. The van der Waals surface area contributed by atoms with Crippen LogP contribution in [0.3, 0.4) is 0 Å². The zero-order valence-electron chi connectivity index (χ0n) is 8.92. The van der Waals surface area contributed by atoms with Crippen LogP contribution in [-0.2, 0) is 4.74 Å². The molecule has 0 bridgehead atoms. The van der Waals surface area contributed by atoms with Crippen LogP contribution in [0.5, 0.6) is 0 Å². The summed E-state index contributed by atoms with van der Waals surface area (Å²) in [7, 11) is 0. The van der Waals surface area contributed by atoms with Crippen LogP contribution in [0.2, 0.25) is 0 Å². The van der Waals surface area contributed by atoms with E-state index in [9.17, 15) is 0 Å². The highest BCUT2D eigenvalue weighted by Crippen LogP contribution is 2.06. The molecule has 2 heteroatoms. The van der Waals surface area contributed by atoms with Crippen LogP contribution in [0.25, 0.3) is 0 Å². The summed E-state index contributed by atoms with van der Waals surface area (Å²) in [5.74, 6) is 0.757. The molecule has 74 valence electrons. The third kappa shape index (κ3) is 6.02. The lowest BCUT2D eigenvalue weighted by Gasteiger charge is -2.10. The lowest BCUT2D eigenvalue weighted by atomic mass is 10.2. The number of rotatable bonds is 4. The Kier molecular flexibility index (Phi) is 4.97. The Morgan fingerprint density at radius 2 is 1.85 bits per heavy atom. The highest BCUT2D eigenvalue weighted by molar-refractivity contribution is 5.24. The molecule has 0 spiro atoms. The summed E-state index contributed by atoms with van der Waals surface area (Å²) in [5.41, 5.74) is 7.36. The fourth-order valence-corrected chi connectivity index (χ4v) is 0.771. The fourth-order valence-electron chi connectivity index (χ4n) is 0.771. The Hall–Kier alpha value is -1.18. The van der Waals surface area contributed by atoms with Gasteiger partial charge in [0.2, 0.25) is 0 Å². The van der Waals surface area contributed by atoms with E-state index in [1.165, 1.54) is 0 Å². The number of ether oxygens (including phenoxy) is 1. The van der Waals surface area contributed by atoms with E-state index in [-0.39, 0.29) is 6.10 Å². The number of allylic oxidation sites excluding steroid dienone is 4. The molecule has 0 aromatic heterocycles. The van der Waals surface area contributed by atoms with Gasteiger partial charge in [-0.3, -0.25) is 0 Å². The van der Waals surface area contributed by atoms with E-state index in [0.29, 0.717) is 5.70 Å². The highest BCUT2D eigenvalue weighted by Gasteiger charge is 1.98. The molecule has 0 saturated carbocycles. The maximum Gasteiger partial charge on any atom is 0.116 e. The summed E-state index contributed by atoms with van der Waals surface area (Å²) in [5, 5.41) is 0. The molecule has 0 atom stereocenters. The Bertz CT molecular complexity index is 236. The van der Waals surface area contributed by atoms with E-state index in [1.54, 1.807) is 6.08 Å². The van der Waals surface area contributed by atoms with Crippen molar-refractivity contribution in [3.05, 3.63) is 35.8 Å². The highest BCUT2D eigenvalue weighted by atomic mass is 16.5. The predicted octanol–water partition coefficient (Wildman–Crippen LogP) is 2.73. The Labute approximate surface area is 80.8 Å². The van der Waals surface area contributed by atoms with Crippen LogP contribution in [-0.4, -0.2) is 6.10 Å². The summed E-state index contributed by atoms with van der Waals surface area (Å²) < 4.78 is 5.42. The molecule has 0 aromatic carbocycles. The summed E-state index contributed by atoms with van der Waals surface area (Å²) in [4.78, 5) is 0. The summed E-state index contributed by atoms with van der Waals surface area (Å²) >= 11 is 0. The second-order valence-electron chi connectivity index (χ2n) is 3.36. The Morgan fingerprint density at radius 3 is 2.23 bits per heavy atom. The zero-order chi connectivity index (χ0) is 10.4. The topological polar surface area (TPSA) is 35.2 Å². The van der Waals surface area contributed by atoms with E-state index in [4.69, 9.17) is 10.5 Å². The normalized spacial score (nSPS) is 13.3. The first-order valence-corrected chi connectivity index (χ1v) is 4.40. The summed E-state index contributed by atoms with van der Waals surface area (Å²) in [6, 6.07) is 0. The van der Waals surface area contributed by atoms with Crippen molar-refractivity contribution in [3.63, 3.8) is 0 Å². The molecule has 0 aliphatic heterocycles. The Balaban J connectivity index is 4.35. The van der Waals surface area contributed by atoms with Gasteiger partial charge in [-0.05, 0) is 33.8 Å². The van der Waals surface area contributed by atoms with Gasteiger partial charge in [0, 0.05) is 0 Å². The largest absolute Gasteiger partial charge is 0.494 e. The molecule has 2 N–H and O–H groups in total. The first kappa shape index (κ1) is 11.8. The molecule has 13 heavy (non-hydrogen) atoms. The van der Waals surface area contributed by atoms with Crippen molar-refractivity contribution >= 4 is 0 Å².